The summed E-state index contributed by atoms with van der Waals surface area (Å²) in [5.74, 6) is 0.249. The molecule has 0 spiro atoms. The van der Waals surface area contributed by atoms with Gasteiger partial charge in [0.2, 0.25) is 5.91 Å². The van der Waals surface area contributed by atoms with Crippen LogP contribution in [0.3, 0.4) is 0 Å². The predicted octanol–water partition coefficient (Wildman–Crippen LogP) is 2.74. The number of aryl methyl sites for hydroxylation is 1. The van der Waals surface area contributed by atoms with Crippen LogP contribution in [0.1, 0.15) is 44.2 Å². The van der Waals surface area contributed by atoms with Gasteiger partial charge in [-0.05, 0) is 43.7 Å². The number of hydrogen-bond acceptors (Lipinski definition) is 2. The summed E-state index contributed by atoms with van der Waals surface area (Å²) < 4.78 is 0. The van der Waals surface area contributed by atoms with Gasteiger partial charge in [0.25, 0.3) is 0 Å². The van der Waals surface area contributed by atoms with Crippen molar-refractivity contribution in [2.45, 2.75) is 52.1 Å². The standard InChI is InChI=1S/C17H26N2O/c1-3-15-9-5-6-10-16(15)13-18-14(2)17(20)19-11-7-4-8-12-19/h5-6,9-10,14,18H,3-4,7-8,11-13H2,1-2H3. The van der Waals surface area contributed by atoms with Crippen LogP contribution in [0.4, 0.5) is 0 Å². The Bertz CT molecular complexity index is 438. The lowest BCUT2D eigenvalue weighted by Crippen LogP contribution is -2.46. The van der Waals surface area contributed by atoms with Crippen LogP contribution < -0.4 is 5.32 Å². The van der Waals surface area contributed by atoms with Crippen LogP contribution >= 0.6 is 0 Å². The highest BCUT2D eigenvalue weighted by Gasteiger charge is 2.21. The Balaban J connectivity index is 1.87. The van der Waals surface area contributed by atoms with Crippen LogP contribution in [0.2, 0.25) is 0 Å². The van der Waals surface area contributed by atoms with Crippen LogP contribution in [0, 0.1) is 0 Å². The molecule has 1 aliphatic rings. The fourth-order valence-corrected chi connectivity index (χ4v) is 2.81. The Labute approximate surface area is 122 Å². The topological polar surface area (TPSA) is 32.3 Å². The summed E-state index contributed by atoms with van der Waals surface area (Å²) in [5, 5.41) is 3.38. The largest absolute Gasteiger partial charge is 0.341 e. The van der Waals surface area contributed by atoms with Gasteiger partial charge in [-0.3, -0.25) is 4.79 Å². The molecule has 0 radical (unpaired) electrons. The van der Waals surface area contributed by atoms with Crippen molar-refractivity contribution in [1.29, 1.82) is 0 Å². The minimum Gasteiger partial charge on any atom is -0.341 e. The zero-order chi connectivity index (χ0) is 14.4. The second-order valence-corrected chi connectivity index (χ2v) is 5.61. The first kappa shape index (κ1) is 15.0. The molecule has 1 N–H and O–H groups in total. The van der Waals surface area contributed by atoms with Gasteiger partial charge in [-0.25, -0.2) is 0 Å². The number of nitrogens with one attached hydrogen (secondary N) is 1. The number of piperidine rings is 1. The molecular formula is C17H26N2O. The number of hydrogen-bond donors (Lipinski definition) is 1. The molecule has 3 heteroatoms. The lowest BCUT2D eigenvalue weighted by atomic mass is 10.0. The number of carbonyl (C=O) groups excluding carboxylic acids is 1. The van der Waals surface area contributed by atoms with E-state index in [-0.39, 0.29) is 11.9 Å². The van der Waals surface area contributed by atoms with Crippen molar-refractivity contribution in [1.82, 2.24) is 10.2 Å². The average Bonchev–Trinajstić information content (AvgIpc) is 2.53. The van der Waals surface area contributed by atoms with Crippen LogP contribution in [-0.4, -0.2) is 29.9 Å². The zero-order valence-corrected chi connectivity index (χ0v) is 12.7. The highest BCUT2D eigenvalue weighted by atomic mass is 16.2. The predicted molar refractivity (Wildman–Crippen MR) is 82.6 cm³/mol. The van der Waals surface area contributed by atoms with Gasteiger partial charge in [0.05, 0.1) is 6.04 Å². The molecule has 2 rings (SSSR count). The summed E-state index contributed by atoms with van der Waals surface area (Å²) in [6, 6.07) is 8.34. The van der Waals surface area contributed by atoms with Crippen LogP contribution in [0.5, 0.6) is 0 Å². The fourth-order valence-electron chi connectivity index (χ4n) is 2.81. The second kappa shape index (κ2) is 7.44. The van der Waals surface area contributed by atoms with Gasteiger partial charge in [0.15, 0.2) is 0 Å². The van der Waals surface area contributed by atoms with Crippen molar-refractivity contribution in [2.24, 2.45) is 0 Å². The number of benzene rings is 1. The van der Waals surface area contributed by atoms with E-state index in [0.717, 1.165) is 38.9 Å². The number of rotatable bonds is 5. The van der Waals surface area contributed by atoms with Crippen LogP contribution in [0.25, 0.3) is 0 Å². The van der Waals surface area contributed by atoms with Gasteiger partial charge in [-0.2, -0.15) is 0 Å². The van der Waals surface area contributed by atoms with Crippen molar-refractivity contribution in [2.75, 3.05) is 13.1 Å². The molecule has 1 atom stereocenters. The maximum absolute atomic E-state index is 12.3. The third-order valence-electron chi connectivity index (χ3n) is 4.14. The normalized spacial score (nSPS) is 17.0. The summed E-state index contributed by atoms with van der Waals surface area (Å²) in [7, 11) is 0. The van der Waals surface area contributed by atoms with Gasteiger partial charge in [0, 0.05) is 19.6 Å². The molecule has 1 aliphatic heterocycles. The molecule has 1 unspecified atom stereocenters. The first-order valence-corrected chi connectivity index (χ1v) is 7.81. The Morgan fingerprint density at radius 2 is 1.85 bits per heavy atom. The quantitative estimate of drug-likeness (QED) is 0.895. The Morgan fingerprint density at radius 3 is 2.50 bits per heavy atom. The van der Waals surface area contributed by atoms with Crippen molar-refractivity contribution in [3.8, 4) is 0 Å². The molecular weight excluding hydrogens is 248 g/mol. The zero-order valence-electron chi connectivity index (χ0n) is 12.7. The summed E-state index contributed by atoms with van der Waals surface area (Å²) in [5.41, 5.74) is 2.66. The van der Waals surface area contributed by atoms with E-state index in [2.05, 4.69) is 36.5 Å². The van der Waals surface area contributed by atoms with E-state index >= 15 is 0 Å². The number of likely N-dealkylation sites (tertiary alicyclic amines) is 1. The fraction of sp³-hybridized carbons (Fsp3) is 0.588. The number of nitrogens with zero attached hydrogens (tertiary/aromatic N) is 1. The third-order valence-corrected chi connectivity index (χ3v) is 4.14. The number of carbonyl (C=O) groups is 1. The minimum atomic E-state index is -0.0991. The summed E-state index contributed by atoms with van der Waals surface area (Å²) >= 11 is 0. The Kier molecular flexibility index (Phi) is 5.60. The van der Waals surface area contributed by atoms with E-state index in [9.17, 15) is 4.79 Å². The lowest BCUT2D eigenvalue weighted by molar-refractivity contribution is -0.133. The average molecular weight is 274 g/mol. The third kappa shape index (κ3) is 3.83. The van der Waals surface area contributed by atoms with Crippen molar-refractivity contribution < 1.29 is 4.79 Å². The van der Waals surface area contributed by atoms with Crippen molar-refractivity contribution in [3.05, 3.63) is 35.4 Å². The van der Waals surface area contributed by atoms with Crippen LogP contribution in [0.15, 0.2) is 24.3 Å². The highest BCUT2D eigenvalue weighted by Crippen LogP contribution is 2.12. The summed E-state index contributed by atoms with van der Waals surface area (Å²) in [6.45, 7) is 6.77. The highest BCUT2D eigenvalue weighted by molar-refractivity contribution is 5.81. The Hall–Kier alpha value is -1.35. The summed E-state index contributed by atoms with van der Waals surface area (Å²) in [4.78, 5) is 14.3. The van der Waals surface area contributed by atoms with E-state index < -0.39 is 0 Å². The first-order valence-electron chi connectivity index (χ1n) is 7.81. The van der Waals surface area contributed by atoms with E-state index in [1.165, 1.54) is 17.5 Å². The lowest BCUT2D eigenvalue weighted by Gasteiger charge is -2.29. The molecule has 3 nitrogen and oxygen atoms in total. The van der Waals surface area contributed by atoms with Gasteiger partial charge >= 0.3 is 0 Å². The molecule has 1 aromatic rings. The van der Waals surface area contributed by atoms with E-state index in [4.69, 9.17) is 0 Å². The molecule has 1 amide bonds. The Morgan fingerprint density at radius 1 is 1.20 bits per heavy atom. The maximum Gasteiger partial charge on any atom is 0.239 e. The van der Waals surface area contributed by atoms with Crippen LogP contribution in [-0.2, 0) is 17.8 Å². The van der Waals surface area contributed by atoms with Crippen molar-refractivity contribution in [3.63, 3.8) is 0 Å². The van der Waals surface area contributed by atoms with E-state index in [1.54, 1.807) is 0 Å². The molecule has 20 heavy (non-hydrogen) atoms. The molecule has 0 bridgehead atoms. The SMILES string of the molecule is CCc1ccccc1CNC(C)C(=O)N1CCCCC1. The van der Waals surface area contributed by atoms with Crippen molar-refractivity contribution >= 4 is 5.91 Å². The monoisotopic (exact) mass is 274 g/mol. The molecule has 0 aliphatic carbocycles. The second-order valence-electron chi connectivity index (χ2n) is 5.61. The molecule has 0 saturated carbocycles. The molecule has 1 aromatic carbocycles. The first-order chi connectivity index (χ1) is 9.72. The molecule has 1 heterocycles. The maximum atomic E-state index is 12.3. The van der Waals surface area contributed by atoms with Gasteiger partial charge in [-0.1, -0.05) is 31.2 Å². The minimum absolute atomic E-state index is 0.0991. The smallest absolute Gasteiger partial charge is 0.239 e. The molecule has 1 fully saturated rings. The van der Waals surface area contributed by atoms with Gasteiger partial charge in [0.1, 0.15) is 0 Å². The van der Waals surface area contributed by atoms with Gasteiger partial charge in [-0.15, -0.1) is 0 Å². The molecule has 110 valence electrons. The summed E-state index contributed by atoms with van der Waals surface area (Å²) in [6.07, 6.45) is 4.59. The molecule has 1 saturated heterocycles. The number of amides is 1. The van der Waals surface area contributed by atoms with Gasteiger partial charge < -0.3 is 10.2 Å². The molecule has 0 aromatic heterocycles. The van der Waals surface area contributed by atoms with E-state index in [0.29, 0.717) is 0 Å². The van der Waals surface area contributed by atoms with E-state index in [1.807, 2.05) is 11.8 Å².